The lowest BCUT2D eigenvalue weighted by Crippen LogP contribution is -2.70. The van der Waals surface area contributed by atoms with Crippen molar-refractivity contribution in [3.05, 3.63) is 0 Å². The first kappa shape index (κ1) is 18.5. The molecular weight excluding hydrogens is 338 g/mol. The third-order valence-corrected chi connectivity index (χ3v) is 5.80. The van der Waals surface area contributed by atoms with Crippen LogP contribution in [-0.4, -0.2) is 67.1 Å². The smallest absolute Gasteiger partial charge is 0.327 e. The number of hydrogen-bond acceptors (Lipinski definition) is 6. The zero-order valence-electron chi connectivity index (χ0n) is 13.4. The van der Waals surface area contributed by atoms with Crippen LogP contribution in [0.4, 0.5) is 0 Å². The molecule has 0 radical (unpaired) electrons. The summed E-state index contributed by atoms with van der Waals surface area (Å²) in [5, 5.41) is 20.2. The van der Waals surface area contributed by atoms with Crippen LogP contribution >= 0.6 is 11.8 Å². The average molecular weight is 359 g/mol. The Bertz CT molecular complexity index is 581. The number of β-lactam (4-membered cyclic amide) rings is 1. The zero-order valence-corrected chi connectivity index (χ0v) is 14.2. The monoisotopic (exact) mass is 359 g/mol. The Morgan fingerprint density at radius 2 is 2.00 bits per heavy atom. The summed E-state index contributed by atoms with van der Waals surface area (Å²) in [5.74, 6) is -2.95. The second-order valence-electron chi connectivity index (χ2n) is 6.48. The van der Waals surface area contributed by atoms with Gasteiger partial charge in [-0.1, -0.05) is 0 Å². The molecule has 2 aliphatic rings. The highest BCUT2D eigenvalue weighted by Gasteiger charge is 2.64. The minimum absolute atomic E-state index is 0.0634. The van der Waals surface area contributed by atoms with Crippen molar-refractivity contribution in [1.29, 1.82) is 0 Å². The van der Waals surface area contributed by atoms with Gasteiger partial charge in [-0.2, -0.15) is 0 Å². The van der Waals surface area contributed by atoms with Gasteiger partial charge in [-0.3, -0.25) is 14.4 Å². The van der Waals surface area contributed by atoms with Crippen molar-refractivity contribution in [3.63, 3.8) is 0 Å². The van der Waals surface area contributed by atoms with Gasteiger partial charge >= 0.3 is 11.9 Å². The second kappa shape index (κ2) is 6.60. The number of amides is 2. The molecule has 0 aromatic rings. The van der Waals surface area contributed by atoms with Gasteiger partial charge in [-0.05, 0) is 26.7 Å². The molecule has 0 bridgehead atoms. The molecule has 0 spiro atoms. The molecule has 2 heterocycles. The molecule has 0 aromatic heterocycles. The van der Waals surface area contributed by atoms with E-state index in [2.05, 4.69) is 5.32 Å². The summed E-state index contributed by atoms with van der Waals surface area (Å²) in [6, 6.07) is -2.66. The maximum Gasteiger partial charge on any atom is 0.327 e. The van der Waals surface area contributed by atoms with E-state index in [1.165, 1.54) is 16.7 Å². The highest BCUT2D eigenvalue weighted by atomic mass is 32.2. The number of carbonyl (C=O) groups is 4. The van der Waals surface area contributed by atoms with E-state index in [1.54, 1.807) is 13.8 Å². The molecule has 0 aromatic carbocycles. The van der Waals surface area contributed by atoms with Gasteiger partial charge in [-0.15, -0.1) is 11.8 Å². The van der Waals surface area contributed by atoms with E-state index in [4.69, 9.17) is 10.8 Å². The van der Waals surface area contributed by atoms with Crippen molar-refractivity contribution in [2.75, 3.05) is 0 Å². The summed E-state index contributed by atoms with van der Waals surface area (Å²) in [6.07, 6.45) is 0.526. The molecule has 2 amide bonds. The molecule has 2 fully saturated rings. The van der Waals surface area contributed by atoms with Gasteiger partial charge in [0, 0.05) is 11.2 Å². The summed E-state index contributed by atoms with van der Waals surface area (Å²) < 4.78 is -0.639. The Hall–Kier alpha value is -1.81. The van der Waals surface area contributed by atoms with Crippen molar-refractivity contribution < 1.29 is 29.4 Å². The highest BCUT2D eigenvalue weighted by Crippen LogP contribution is 2.50. The van der Waals surface area contributed by atoms with Crippen molar-refractivity contribution in [2.24, 2.45) is 5.73 Å². The maximum atomic E-state index is 12.2. The number of nitrogens with zero attached hydrogens (tertiary/aromatic N) is 1. The minimum Gasteiger partial charge on any atom is -0.480 e. The van der Waals surface area contributed by atoms with Crippen LogP contribution in [0, 0.1) is 0 Å². The summed E-state index contributed by atoms with van der Waals surface area (Å²) in [5.41, 5.74) is 5.36. The number of carbonyl (C=O) groups excluding carboxylic acids is 2. The number of thioether (sulfide) groups is 1. The van der Waals surface area contributed by atoms with Crippen molar-refractivity contribution in [1.82, 2.24) is 10.2 Å². The van der Waals surface area contributed by atoms with Gasteiger partial charge in [-0.25, -0.2) is 4.79 Å². The molecule has 2 aliphatic heterocycles. The molecule has 24 heavy (non-hydrogen) atoms. The summed E-state index contributed by atoms with van der Waals surface area (Å²) >= 11 is 1.35. The SMILES string of the molecule is CC1(C)SC2C(NC(=O)CCC[C@H](N)C(=O)O)C(=O)N2C1C(=O)O. The fourth-order valence-corrected chi connectivity index (χ4v) is 4.62. The number of fused-ring (bicyclic) bond motifs is 1. The maximum absolute atomic E-state index is 12.2. The summed E-state index contributed by atoms with van der Waals surface area (Å²) in [7, 11) is 0. The first-order valence-electron chi connectivity index (χ1n) is 7.57. The van der Waals surface area contributed by atoms with E-state index < -0.39 is 40.7 Å². The lowest BCUT2D eigenvalue weighted by molar-refractivity contribution is -0.161. The van der Waals surface area contributed by atoms with E-state index in [0.29, 0.717) is 6.42 Å². The molecule has 2 saturated heterocycles. The Balaban J connectivity index is 1.87. The Morgan fingerprint density at radius 1 is 1.38 bits per heavy atom. The quantitative estimate of drug-likeness (QED) is 0.431. The normalized spacial score (nSPS) is 28.7. The first-order valence-corrected chi connectivity index (χ1v) is 8.45. The van der Waals surface area contributed by atoms with Gasteiger partial charge in [0.1, 0.15) is 23.5 Å². The molecule has 4 atom stereocenters. The van der Waals surface area contributed by atoms with Crippen LogP contribution < -0.4 is 11.1 Å². The van der Waals surface area contributed by atoms with E-state index >= 15 is 0 Å². The molecule has 3 unspecified atom stereocenters. The van der Waals surface area contributed by atoms with Gasteiger partial charge in [0.2, 0.25) is 11.8 Å². The van der Waals surface area contributed by atoms with Crippen LogP contribution in [0.3, 0.4) is 0 Å². The van der Waals surface area contributed by atoms with Gasteiger partial charge < -0.3 is 26.2 Å². The van der Waals surface area contributed by atoms with E-state index in [9.17, 15) is 24.3 Å². The highest BCUT2D eigenvalue weighted by molar-refractivity contribution is 8.01. The number of carboxylic acids is 2. The topological polar surface area (TPSA) is 150 Å². The molecule has 0 aliphatic carbocycles. The molecular formula is C14H21N3O6S. The van der Waals surface area contributed by atoms with Crippen LogP contribution in [-0.2, 0) is 19.2 Å². The number of aliphatic carboxylic acids is 2. The Morgan fingerprint density at radius 3 is 2.54 bits per heavy atom. The van der Waals surface area contributed by atoms with E-state index in [1.807, 2.05) is 0 Å². The molecule has 9 nitrogen and oxygen atoms in total. The van der Waals surface area contributed by atoms with Crippen LogP contribution in [0.2, 0.25) is 0 Å². The molecule has 0 saturated carbocycles. The van der Waals surface area contributed by atoms with E-state index in [0.717, 1.165) is 0 Å². The van der Waals surface area contributed by atoms with Crippen LogP contribution in [0.1, 0.15) is 33.1 Å². The lowest BCUT2D eigenvalue weighted by atomic mass is 9.96. The number of hydrogen-bond donors (Lipinski definition) is 4. The van der Waals surface area contributed by atoms with Crippen LogP contribution in [0.5, 0.6) is 0 Å². The predicted octanol–water partition coefficient (Wildman–Crippen LogP) is -0.800. The van der Waals surface area contributed by atoms with Crippen molar-refractivity contribution in [3.8, 4) is 0 Å². The summed E-state index contributed by atoms with van der Waals surface area (Å²) in [4.78, 5) is 47.4. The summed E-state index contributed by atoms with van der Waals surface area (Å²) in [6.45, 7) is 3.52. The number of nitrogens with two attached hydrogens (primary N) is 1. The fourth-order valence-electron chi connectivity index (χ4n) is 3.00. The molecule has 5 N–H and O–H groups in total. The van der Waals surface area contributed by atoms with Crippen LogP contribution in [0.15, 0.2) is 0 Å². The molecule has 10 heteroatoms. The van der Waals surface area contributed by atoms with Gasteiger partial charge in [0.25, 0.3) is 0 Å². The third-order valence-electron chi connectivity index (χ3n) is 4.23. The first-order chi connectivity index (χ1) is 11.1. The van der Waals surface area contributed by atoms with Gasteiger partial charge in [0.05, 0.1) is 0 Å². The molecule has 134 valence electrons. The zero-order chi connectivity index (χ0) is 18.2. The Kier molecular flexibility index (Phi) is 5.09. The second-order valence-corrected chi connectivity index (χ2v) is 8.25. The average Bonchev–Trinajstić information content (AvgIpc) is 2.73. The molecule has 2 rings (SSSR count). The Labute approximate surface area is 142 Å². The number of nitrogens with one attached hydrogen (secondary N) is 1. The van der Waals surface area contributed by atoms with E-state index in [-0.39, 0.29) is 24.1 Å². The standard InChI is InChI=1S/C14H21N3O6S/c1-14(2)9(13(22)23)17-10(19)8(11(17)24-14)16-7(18)5-3-4-6(15)12(20)21/h6,8-9,11H,3-5,15H2,1-2H3,(H,16,18)(H,20,21)(H,22,23)/t6-,8?,9?,11?/m0/s1. The van der Waals surface area contributed by atoms with Crippen molar-refractivity contribution >= 4 is 35.5 Å². The van der Waals surface area contributed by atoms with Crippen LogP contribution in [0.25, 0.3) is 0 Å². The minimum atomic E-state index is -1.12. The largest absolute Gasteiger partial charge is 0.480 e. The lowest BCUT2D eigenvalue weighted by Gasteiger charge is -2.43. The third kappa shape index (κ3) is 3.34. The number of carboxylic acid groups (broad SMARTS) is 2. The number of rotatable bonds is 7. The van der Waals surface area contributed by atoms with Gasteiger partial charge in [0.15, 0.2) is 0 Å². The van der Waals surface area contributed by atoms with Crippen molar-refractivity contribution in [2.45, 2.75) is 61.4 Å². The predicted molar refractivity (Wildman–Crippen MR) is 85.1 cm³/mol. The fraction of sp³-hybridized carbons (Fsp3) is 0.714.